The summed E-state index contributed by atoms with van der Waals surface area (Å²) in [4.78, 5) is 38.6. The van der Waals surface area contributed by atoms with Crippen LogP contribution in [-0.2, 0) is 19.1 Å². The molecule has 0 spiro atoms. The van der Waals surface area contributed by atoms with E-state index < -0.39 is 35.7 Å². The van der Waals surface area contributed by atoms with Gasteiger partial charge in [0.05, 0.1) is 6.61 Å². The van der Waals surface area contributed by atoms with E-state index in [2.05, 4.69) is 16.7 Å². The lowest BCUT2D eigenvalue weighted by molar-refractivity contribution is -0.148. The van der Waals surface area contributed by atoms with Crippen molar-refractivity contribution in [2.24, 2.45) is 0 Å². The van der Waals surface area contributed by atoms with E-state index in [1.165, 1.54) is 0 Å². The molecule has 2 N–H and O–H groups in total. The number of nitrogens with one attached hydrogen (secondary N) is 2. The van der Waals surface area contributed by atoms with E-state index in [4.69, 9.17) is 9.47 Å². The summed E-state index contributed by atoms with van der Waals surface area (Å²) in [5, 5.41) is 7.67. The van der Waals surface area contributed by atoms with Crippen molar-refractivity contribution in [3.8, 4) is 0 Å². The predicted octanol–water partition coefficient (Wildman–Crippen LogP) is 4.60. The van der Waals surface area contributed by atoms with Crippen molar-refractivity contribution < 1.29 is 23.9 Å². The highest BCUT2D eigenvalue weighted by Gasteiger charge is 2.35. The molecule has 0 aliphatic carbocycles. The minimum Gasteiger partial charge on any atom is -0.464 e. The van der Waals surface area contributed by atoms with E-state index in [0.717, 1.165) is 16.3 Å². The van der Waals surface area contributed by atoms with Gasteiger partial charge in [-0.15, -0.1) is 0 Å². The van der Waals surface area contributed by atoms with Crippen LogP contribution in [0.25, 0.3) is 10.8 Å². The average molecular weight is 467 g/mol. The van der Waals surface area contributed by atoms with Gasteiger partial charge in [-0.2, -0.15) is 0 Å². The summed E-state index contributed by atoms with van der Waals surface area (Å²) >= 11 is 0. The minimum absolute atomic E-state index is 0.199. The van der Waals surface area contributed by atoms with Crippen molar-refractivity contribution in [3.63, 3.8) is 0 Å². The highest BCUT2D eigenvalue weighted by Crippen LogP contribution is 2.29. The number of fused-ring (bicyclic) bond motifs is 1. The van der Waals surface area contributed by atoms with Crippen LogP contribution in [0.15, 0.2) is 54.6 Å². The number of benzene rings is 2. The molecule has 2 aromatic carbocycles. The highest BCUT2D eigenvalue weighted by atomic mass is 16.6. The van der Waals surface area contributed by atoms with Crippen molar-refractivity contribution in [1.82, 2.24) is 10.6 Å². The molecule has 0 saturated carbocycles. The second-order valence-corrected chi connectivity index (χ2v) is 9.43. The maximum absolute atomic E-state index is 13.2. The SMILES string of the molecule is CCOC(=O)C1NC(=O)C(NC(=O)OC(C)(C)C)CC/C=C\CC1c1ccc2ccccc2c1. The number of esters is 1. The van der Waals surface area contributed by atoms with Crippen LogP contribution >= 0.6 is 0 Å². The van der Waals surface area contributed by atoms with Crippen LogP contribution in [0.4, 0.5) is 4.79 Å². The fraction of sp³-hybridized carbons (Fsp3) is 0.444. The molecule has 1 aliphatic rings. The van der Waals surface area contributed by atoms with Crippen LogP contribution < -0.4 is 10.6 Å². The molecule has 0 saturated heterocycles. The smallest absolute Gasteiger partial charge is 0.408 e. The van der Waals surface area contributed by atoms with E-state index in [1.54, 1.807) is 27.7 Å². The Bertz CT molecular complexity index is 1060. The molecule has 0 aromatic heterocycles. The van der Waals surface area contributed by atoms with Crippen LogP contribution in [0.3, 0.4) is 0 Å². The van der Waals surface area contributed by atoms with Gasteiger partial charge in [-0.1, -0.05) is 54.6 Å². The molecule has 1 heterocycles. The number of carbonyl (C=O) groups is 3. The number of hydrogen-bond donors (Lipinski definition) is 2. The molecule has 2 amide bonds. The Morgan fingerprint density at radius 3 is 2.53 bits per heavy atom. The summed E-state index contributed by atoms with van der Waals surface area (Å²) in [5.74, 6) is -1.27. The van der Waals surface area contributed by atoms with Gasteiger partial charge in [0, 0.05) is 5.92 Å². The fourth-order valence-corrected chi connectivity index (χ4v) is 4.05. The third kappa shape index (κ3) is 6.83. The first-order valence-corrected chi connectivity index (χ1v) is 11.8. The molecule has 34 heavy (non-hydrogen) atoms. The molecular formula is C27H34N2O5. The zero-order chi connectivity index (χ0) is 24.7. The standard InChI is InChI=1S/C27H34N2O5/c1-5-33-25(31)23-21(20-16-15-18-11-9-10-12-19(18)17-20)13-7-6-8-14-22(24(30)29-23)28-26(32)34-27(2,3)4/h6-7,9-12,15-17,21-23H,5,8,13-14H2,1-4H3,(H,28,32)(H,29,30)/b7-6-. The van der Waals surface area contributed by atoms with Crippen molar-refractivity contribution in [2.75, 3.05) is 6.61 Å². The number of allylic oxidation sites excluding steroid dienone is 2. The predicted molar refractivity (Wildman–Crippen MR) is 131 cm³/mol. The molecule has 182 valence electrons. The Balaban J connectivity index is 1.92. The second-order valence-electron chi connectivity index (χ2n) is 9.43. The molecular weight excluding hydrogens is 432 g/mol. The van der Waals surface area contributed by atoms with Gasteiger partial charge in [-0.25, -0.2) is 9.59 Å². The molecule has 7 heteroatoms. The van der Waals surface area contributed by atoms with E-state index in [0.29, 0.717) is 19.3 Å². The lowest BCUT2D eigenvalue weighted by Gasteiger charge is -2.29. The first kappa shape index (κ1) is 25.3. The molecule has 1 aliphatic heterocycles. The van der Waals surface area contributed by atoms with Crippen molar-refractivity contribution in [1.29, 1.82) is 0 Å². The maximum Gasteiger partial charge on any atom is 0.408 e. The first-order valence-electron chi connectivity index (χ1n) is 11.8. The van der Waals surface area contributed by atoms with Gasteiger partial charge in [-0.3, -0.25) is 4.79 Å². The Morgan fingerprint density at radius 2 is 1.82 bits per heavy atom. The number of amides is 2. The van der Waals surface area contributed by atoms with Crippen LogP contribution in [0, 0.1) is 0 Å². The Labute approximate surface area is 200 Å². The summed E-state index contributed by atoms with van der Waals surface area (Å²) in [5.41, 5.74) is 0.240. The number of hydrogen-bond acceptors (Lipinski definition) is 5. The summed E-state index contributed by atoms with van der Waals surface area (Å²) < 4.78 is 10.7. The van der Waals surface area contributed by atoms with Gasteiger partial charge in [0.25, 0.3) is 0 Å². The summed E-state index contributed by atoms with van der Waals surface area (Å²) in [6.45, 7) is 7.21. The topological polar surface area (TPSA) is 93.7 Å². The van der Waals surface area contributed by atoms with Crippen molar-refractivity contribution >= 4 is 28.7 Å². The molecule has 3 rings (SSSR count). The molecule has 0 radical (unpaired) electrons. The lowest BCUT2D eigenvalue weighted by Crippen LogP contribution is -2.54. The van der Waals surface area contributed by atoms with E-state index in [9.17, 15) is 14.4 Å². The largest absolute Gasteiger partial charge is 0.464 e. The molecule has 7 nitrogen and oxygen atoms in total. The molecule has 0 fully saturated rings. The maximum atomic E-state index is 13.2. The number of carbonyl (C=O) groups excluding carboxylic acids is 3. The summed E-state index contributed by atoms with van der Waals surface area (Å²) in [6.07, 6.45) is 4.88. The van der Waals surface area contributed by atoms with Crippen LogP contribution in [0.5, 0.6) is 0 Å². The Hall–Kier alpha value is -3.35. The molecule has 3 unspecified atom stereocenters. The van der Waals surface area contributed by atoms with Crippen LogP contribution in [0.1, 0.15) is 58.4 Å². The van der Waals surface area contributed by atoms with E-state index in [-0.39, 0.29) is 12.5 Å². The van der Waals surface area contributed by atoms with Crippen molar-refractivity contribution in [3.05, 3.63) is 60.2 Å². The lowest BCUT2D eigenvalue weighted by atomic mass is 9.86. The number of ether oxygens (including phenoxy) is 2. The average Bonchev–Trinajstić information content (AvgIpc) is 2.77. The third-order valence-corrected chi connectivity index (χ3v) is 5.63. The van der Waals surface area contributed by atoms with Gasteiger partial charge in [0.15, 0.2) is 0 Å². The zero-order valence-electron chi connectivity index (χ0n) is 20.3. The van der Waals surface area contributed by atoms with E-state index in [1.807, 2.05) is 48.6 Å². The second kappa shape index (κ2) is 11.2. The van der Waals surface area contributed by atoms with Gasteiger partial charge < -0.3 is 20.1 Å². The molecule has 0 bridgehead atoms. The Morgan fingerprint density at radius 1 is 1.09 bits per heavy atom. The third-order valence-electron chi connectivity index (χ3n) is 5.63. The van der Waals surface area contributed by atoms with Gasteiger partial charge in [0.2, 0.25) is 5.91 Å². The van der Waals surface area contributed by atoms with Gasteiger partial charge in [-0.05, 0) is 63.3 Å². The minimum atomic E-state index is -0.903. The first-order chi connectivity index (χ1) is 16.2. The number of rotatable bonds is 4. The molecule has 3 atom stereocenters. The highest BCUT2D eigenvalue weighted by molar-refractivity contribution is 5.90. The van der Waals surface area contributed by atoms with Crippen LogP contribution in [0.2, 0.25) is 0 Å². The number of alkyl carbamates (subject to hydrolysis) is 1. The van der Waals surface area contributed by atoms with Crippen molar-refractivity contribution in [2.45, 2.75) is 70.6 Å². The summed E-state index contributed by atoms with van der Waals surface area (Å²) in [6, 6.07) is 12.3. The van der Waals surface area contributed by atoms with E-state index >= 15 is 0 Å². The molecule has 2 aromatic rings. The van der Waals surface area contributed by atoms with Gasteiger partial charge in [0.1, 0.15) is 17.7 Å². The monoisotopic (exact) mass is 466 g/mol. The Kier molecular flexibility index (Phi) is 8.31. The summed E-state index contributed by atoms with van der Waals surface area (Å²) in [7, 11) is 0. The fourth-order valence-electron chi connectivity index (χ4n) is 4.05. The normalized spacial score (nSPS) is 22.4. The quantitative estimate of drug-likeness (QED) is 0.507. The van der Waals surface area contributed by atoms with Crippen LogP contribution in [-0.4, -0.2) is 42.3 Å². The van der Waals surface area contributed by atoms with Gasteiger partial charge >= 0.3 is 12.1 Å². The zero-order valence-corrected chi connectivity index (χ0v) is 20.3.